The summed E-state index contributed by atoms with van der Waals surface area (Å²) in [5.41, 5.74) is 4.85. The normalized spacial score (nSPS) is 20.7. The molecule has 1 aromatic carbocycles. The van der Waals surface area contributed by atoms with Crippen molar-refractivity contribution in [2.75, 3.05) is 50.8 Å². The first-order valence-corrected chi connectivity index (χ1v) is 10.0. The molecule has 150 valence electrons. The van der Waals surface area contributed by atoms with Gasteiger partial charge in [0.15, 0.2) is 0 Å². The van der Waals surface area contributed by atoms with Gasteiger partial charge >= 0.3 is 0 Å². The number of rotatable bonds is 6. The summed E-state index contributed by atoms with van der Waals surface area (Å²) in [5, 5.41) is 10.4. The lowest BCUT2D eigenvalue weighted by Gasteiger charge is -2.37. The van der Waals surface area contributed by atoms with Crippen molar-refractivity contribution in [3.63, 3.8) is 0 Å². The maximum Gasteiger partial charge on any atom is 0.143 e. The Labute approximate surface area is 166 Å². The monoisotopic (exact) mass is 383 g/mol. The highest BCUT2D eigenvalue weighted by molar-refractivity contribution is 5.56. The summed E-state index contributed by atoms with van der Waals surface area (Å²) in [6.07, 6.45) is 1.04. The van der Waals surface area contributed by atoms with Crippen LogP contribution >= 0.6 is 0 Å². The van der Waals surface area contributed by atoms with Gasteiger partial charge in [-0.05, 0) is 43.2 Å². The molecule has 2 unspecified atom stereocenters. The predicted molar refractivity (Wildman–Crippen MR) is 109 cm³/mol. The first-order chi connectivity index (χ1) is 13.6. The van der Waals surface area contributed by atoms with Crippen LogP contribution in [0.1, 0.15) is 22.9 Å². The van der Waals surface area contributed by atoms with Crippen molar-refractivity contribution in [1.29, 1.82) is 0 Å². The molecule has 1 fully saturated rings. The summed E-state index contributed by atoms with van der Waals surface area (Å²) in [7, 11) is 0. The Morgan fingerprint density at radius 1 is 1.18 bits per heavy atom. The van der Waals surface area contributed by atoms with E-state index in [0.717, 1.165) is 37.6 Å². The number of pyridine rings is 1. The third kappa shape index (κ3) is 4.14. The van der Waals surface area contributed by atoms with Crippen LogP contribution in [0.2, 0.25) is 0 Å². The van der Waals surface area contributed by atoms with E-state index in [9.17, 15) is 5.11 Å². The van der Waals surface area contributed by atoms with E-state index >= 15 is 0 Å². The Balaban J connectivity index is 1.23. The highest BCUT2D eigenvalue weighted by Gasteiger charge is 2.27. The molecule has 0 radical (unpaired) electrons. The molecule has 1 N–H and O–H groups in total. The molecule has 2 atom stereocenters. The van der Waals surface area contributed by atoms with Crippen molar-refractivity contribution in [3.8, 4) is 5.75 Å². The molecule has 6 heteroatoms. The molecule has 0 amide bonds. The van der Waals surface area contributed by atoms with Gasteiger partial charge in [0.1, 0.15) is 24.2 Å². The first kappa shape index (κ1) is 19.2. The third-order valence-electron chi connectivity index (χ3n) is 5.74. The maximum absolute atomic E-state index is 10.4. The van der Waals surface area contributed by atoms with Crippen LogP contribution in [0.5, 0.6) is 5.75 Å². The average Bonchev–Trinajstić information content (AvgIpc) is 3.12. The van der Waals surface area contributed by atoms with Gasteiger partial charge in [-0.1, -0.05) is 12.1 Å². The van der Waals surface area contributed by atoms with Crippen molar-refractivity contribution in [2.45, 2.75) is 26.1 Å². The van der Waals surface area contributed by atoms with E-state index < -0.39 is 6.10 Å². The van der Waals surface area contributed by atoms with E-state index in [-0.39, 0.29) is 6.10 Å². The largest absolute Gasteiger partial charge is 0.488 e. The number of ether oxygens (including phenoxy) is 2. The van der Waals surface area contributed by atoms with Gasteiger partial charge in [0.2, 0.25) is 0 Å². The van der Waals surface area contributed by atoms with Crippen molar-refractivity contribution >= 4 is 5.69 Å². The third-order valence-corrected chi connectivity index (χ3v) is 5.74. The lowest BCUT2D eigenvalue weighted by Crippen LogP contribution is -2.49. The highest BCUT2D eigenvalue weighted by atomic mass is 16.5. The van der Waals surface area contributed by atoms with Crippen molar-refractivity contribution in [2.24, 2.45) is 0 Å². The molecule has 1 aromatic heterocycles. The van der Waals surface area contributed by atoms with Gasteiger partial charge in [-0.2, -0.15) is 0 Å². The van der Waals surface area contributed by atoms with Gasteiger partial charge in [0, 0.05) is 44.6 Å². The van der Waals surface area contributed by atoms with E-state index in [1.54, 1.807) is 6.20 Å². The van der Waals surface area contributed by atoms with E-state index in [4.69, 9.17) is 9.47 Å². The summed E-state index contributed by atoms with van der Waals surface area (Å²) in [5.74, 6) is 0.782. The number of piperazine rings is 1. The van der Waals surface area contributed by atoms with Crippen LogP contribution in [0.4, 0.5) is 5.69 Å². The fourth-order valence-corrected chi connectivity index (χ4v) is 3.97. The number of nitrogens with zero attached hydrogens (tertiary/aromatic N) is 3. The number of aliphatic hydroxyl groups excluding tert-OH is 1. The molecule has 2 aromatic rings. The number of aliphatic hydroxyl groups is 1. The van der Waals surface area contributed by atoms with Crippen LogP contribution in [-0.2, 0) is 4.74 Å². The number of anilines is 1. The second kappa shape index (κ2) is 8.47. The first-order valence-electron chi connectivity index (χ1n) is 10.0. The number of hydrogen-bond donors (Lipinski definition) is 1. The Hall–Kier alpha value is -2.15. The summed E-state index contributed by atoms with van der Waals surface area (Å²) in [6.45, 7) is 9.59. The Kier molecular flexibility index (Phi) is 5.80. The van der Waals surface area contributed by atoms with Crippen molar-refractivity contribution in [1.82, 2.24) is 9.88 Å². The van der Waals surface area contributed by atoms with Crippen LogP contribution in [0.15, 0.2) is 36.5 Å². The number of aryl methyl sites for hydroxylation is 1. The van der Waals surface area contributed by atoms with Crippen molar-refractivity contribution in [3.05, 3.63) is 53.3 Å². The molecule has 2 aliphatic rings. The Bertz CT molecular complexity index is 805. The fourth-order valence-electron chi connectivity index (χ4n) is 3.97. The number of β-amino-alcohol motifs (C(OH)–C–C–N with tert-alkyl or cyclic N) is 1. The molecule has 0 aliphatic carbocycles. The second-order valence-corrected chi connectivity index (χ2v) is 7.68. The Morgan fingerprint density at radius 2 is 2.00 bits per heavy atom. The van der Waals surface area contributed by atoms with E-state index in [1.807, 2.05) is 12.1 Å². The van der Waals surface area contributed by atoms with Gasteiger partial charge in [0.05, 0.1) is 12.7 Å². The van der Waals surface area contributed by atoms with Gasteiger partial charge < -0.3 is 19.5 Å². The number of aromatic nitrogens is 1. The lowest BCUT2D eigenvalue weighted by atomic mass is 10.1. The van der Waals surface area contributed by atoms with Crippen LogP contribution < -0.4 is 9.64 Å². The van der Waals surface area contributed by atoms with Crippen LogP contribution in [0, 0.1) is 13.8 Å². The average molecular weight is 383 g/mol. The zero-order valence-corrected chi connectivity index (χ0v) is 16.7. The van der Waals surface area contributed by atoms with Gasteiger partial charge in [-0.15, -0.1) is 0 Å². The second-order valence-electron chi connectivity index (χ2n) is 7.68. The summed E-state index contributed by atoms with van der Waals surface area (Å²) in [4.78, 5) is 9.09. The SMILES string of the molecule is Cc1cccc(N2CCN(CC(O)COC3COc4cccnc43)CC2)c1C. The topological polar surface area (TPSA) is 58.1 Å². The van der Waals surface area contributed by atoms with E-state index in [0.29, 0.717) is 19.8 Å². The summed E-state index contributed by atoms with van der Waals surface area (Å²) in [6, 6.07) is 10.3. The van der Waals surface area contributed by atoms with Crippen LogP contribution in [0.3, 0.4) is 0 Å². The maximum atomic E-state index is 10.4. The summed E-state index contributed by atoms with van der Waals surface area (Å²) >= 11 is 0. The molecule has 0 spiro atoms. The van der Waals surface area contributed by atoms with Gasteiger partial charge in [-0.25, -0.2) is 0 Å². The van der Waals surface area contributed by atoms with E-state index in [2.05, 4.69) is 46.8 Å². The van der Waals surface area contributed by atoms with Gasteiger partial charge in [0.25, 0.3) is 0 Å². The minimum Gasteiger partial charge on any atom is -0.488 e. The molecule has 3 heterocycles. The smallest absolute Gasteiger partial charge is 0.143 e. The molecule has 28 heavy (non-hydrogen) atoms. The zero-order valence-electron chi connectivity index (χ0n) is 16.7. The molecule has 6 nitrogen and oxygen atoms in total. The predicted octanol–water partition coefficient (Wildman–Crippen LogP) is 2.33. The number of benzene rings is 1. The fraction of sp³-hybridized carbons (Fsp3) is 0.500. The minimum absolute atomic E-state index is 0.188. The summed E-state index contributed by atoms with van der Waals surface area (Å²) < 4.78 is 11.5. The molecule has 1 saturated heterocycles. The molecule has 0 saturated carbocycles. The quantitative estimate of drug-likeness (QED) is 0.826. The molecule has 2 aliphatic heterocycles. The standard InChI is InChI=1S/C22H29N3O3/c1-16-5-3-6-19(17(16)2)25-11-9-24(10-12-25)13-18(26)14-27-21-15-28-20-7-4-8-23-22(20)21/h3-8,18,21,26H,9-15H2,1-2H3. The van der Waals surface area contributed by atoms with Crippen LogP contribution in [0.25, 0.3) is 0 Å². The molecule has 4 rings (SSSR count). The zero-order chi connectivity index (χ0) is 19.5. The highest BCUT2D eigenvalue weighted by Crippen LogP contribution is 2.32. The van der Waals surface area contributed by atoms with Gasteiger partial charge in [-0.3, -0.25) is 9.88 Å². The number of hydrogen-bond acceptors (Lipinski definition) is 6. The number of fused-ring (bicyclic) bond motifs is 1. The molecular weight excluding hydrogens is 354 g/mol. The minimum atomic E-state index is -0.514. The lowest BCUT2D eigenvalue weighted by molar-refractivity contribution is -0.0293. The van der Waals surface area contributed by atoms with Crippen LogP contribution in [-0.4, -0.2) is 67.0 Å². The van der Waals surface area contributed by atoms with E-state index in [1.165, 1.54) is 16.8 Å². The Morgan fingerprint density at radius 3 is 2.82 bits per heavy atom. The molecule has 0 bridgehead atoms. The molecular formula is C22H29N3O3. The van der Waals surface area contributed by atoms with Crippen molar-refractivity contribution < 1.29 is 14.6 Å².